The number of hydrogen-bond acceptors (Lipinski definition) is 3. The Kier molecular flexibility index (Phi) is 5.21. The van der Waals surface area contributed by atoms with Gasteiger partial charge in [-0.1, -0.05) is 30.7 Å². The minimum Gasteiger partial charge on any atom is -0.495 e. The van der Waals surface area contributed by atoms with E-state index in [9.17, 15) is 4.79 Å². The first-order valence-electron chi connectivity index (χ1n) is 7.80. The Morgan fingerprint density at radius 3 is 2.92 bits per heavy atom. The first-order valence-corrected chi connectivity index (χ1v) is 9.06. The van der Waals surface area contributed by atoms with E-state index in [1.807, 2.05) is 30.0 Å². The van der Waals surface area contributed by atoms with E-state index in [4.69, 9.17) is 16.3 Å². The van der Waals surface area contributed by atoms with Crippen molar-refractivity contribution in [2.45, 2.75) is 23.5 Å². The van der Waals surface area contributed by atoms with Crippen LogP contribution in [0.15, 0.2) is 47.4 Å². The molecule has 0 aromatic heterocycles. The number of carbonyl (C=O) groups is 1. The summed E-state index contributed by atoms with van der Waals surface area (Å²) in [5.41, 5.74) is 1.50. The van der Waals surface area contributed by atoms with E-state index < -0.39 is 0 Å². The van der Waals surface area contributed by atoms with Gasteiger partial charge >= 0.3 is 6.03 Å². The van der Waals surface area contributed by atoms with Gasteiger partial charge in [0.2, 0.25) is 0 Å². The van der Waals surface area contributed by atoms with Crippen LogP contribution in [0.3, 0.4) is 0 Å². The summed E-state index contributed by atoms with van der Waals surface area (Å²) in [6.45, 7) is 2.81. The molecule has 1 heterocycles. The molecule has 6 heteroatoms. The van der Waals surface area contributed by atoms with Gasteiger partial charge in [0.25, 0.3) is 0 Å². The van der Waals surface area contributed by atoms with Crippen LogP contribution in [-0.2, 0) is 0 Å². The number of urea groups is 1. The molecule has 126 valence electrons. The first-order chi connectivity index (χ1) is 11.6. The van der Waals surface area contributed by atoms with Gasteiger partial charge in [-0.3, -0.25) is 4.90 Å². The van der Waals surface area contributed by atoms with E-state index in [0.717, 1.165) is 17.0 Å². The van der Waals surface area contributed by atoms with Crippen LogP contribution in [0.4, 0.5) is 16.2 Å². The van der Waals surface area contributed by atoms with Crippen LogP contribution < -0.4 is 15.0 Å². The van der Waals surface area contributed by atoms with E-state index in [0.29, 0.717) is 28.3 Å². The van der Waals surface area contributed by atoms with Crippen molar-refractivity contribution < 1.29 is 9.53 Å². The third kappa shape index (κ3) is 3.47. The molecule has 1 aliphatic heterocycles. The number of fused-ring (bicyclic) bond motifs is 1. The van der Waals surface area contributed by atoms with Crippen LogP contribution in [0.1, 0.15) is 13.3 Å². The zero-order valence-electron chi connectivity index (χ0n) is 13.6. The number of para-hydroxylation sites is 1. The van der Waals surface area contributed by atoms with E-state index in [-0.39, 0.29) is 6.03 Å². The van der Waals surface area contributed by atoms with Gasteiger partial charge in [0.15, 0.2) is 0 Å². The lowest BCUT2D eigenvalue weighted by molar-refractivity contribution is 0.256. The molecule has 0 unspecified atom stereocenters. The highest BCUT2D eigenvalue weighted by atomic mass is 35.5. The Morgan fingerprint density at radius 1 is 1.38 bits per heavy atom. The molecule has 2 aromatic carbocycles. The predicted octanol–water partition coefficient (Wildman–Crippen LogP) is 5.27. The van der Waals surface area contributed by atoms with Gasteiger partial charge in [-0.2, -0.15) is 0 Å². The van der Waals surface area contributed by atoms with Gasteiger partial charge in [-0.15, -0.1) is 11.8 Å². The number of halogens is 1. The summed E-state index contributed by atoms with van der Waals surface area (Å²) in [5, 5.41) is 3.86. The molecule has 2 aromatic rings. The summed E-state index contributed by atoms with van der Waals surface area (Å²) in [6.07, 6.45) is 1.00. The number of hydrogen-bond donors (Lipinski definition) is 1. The molecule has 0 fully saturated rings. The fourth-order valence-electron chi connectivity index (χ4n) is 2.66. The van der Waals surface area contributed by atoms with Crippen molar-refractivity contribution >= 4 is 40.8 Å². The maximum absolute atomic E-state index is 12.9. The van der Waals surface area contributed by atoms with Gasteiger partial charge in [-0.25, -0.2) is 4.79 Å². The fourth-order valence-corrected chi connectivity index (χ4v) is 4.04. The van der Waals surface area contributed by atoms with Crippen molar-refractivity contribution in [1.29, 1.82) is 0 Å². The number of carbonyl (C=O) groups excluding carboxylic acids is 1. The van der Waals surface area contributed by atoms with Crippen LogP contribution in [0.5, 0.6) is 5.75 Å². The molecule has 24 heavy (non-hydrogen) atoms. The van der Waals surface area contributed by atoms with E-state index in [2.05, 4.69) is 18.3 Å². The number of rotatable bonds is 3. The van der Waals surface area contributed by atoms with Crippen molar-refractivity contribution in [2.75, 3.05) is 23.9 Å². The number of nitrogens with one attached hydrogen (secondary N) is 1. The zero-order chi connectivity index (χ0) is 17.1. The first kappa shape index (κ1) is 17.0. The van der Waals surface area contributed by atoms with E-state index in [1.54, 1.807) is 30.2 Å². The van der Waals surface area contributed by atoms with Gasteiger partial charge in [0, 0.05) is 21.7 Å². The number of ether oxygens (including phenoxy) is 1. The Labute approximate surface area is 151 Å². The molecule has 3 rings (SSSR count). The molecule has 1 aliphatic rings. The topological polar surface area (TPSA) is 41.6 Å². The summed E-state index contributed by atoms with van der Waals surface area (Å²) in [6, 6.07) is 13.0. The third-order valence-corrected chi connectivity index (χ3v) is 5.59. The normalized spacial score (nSPS) is 16.5. The Balaban J connectivity index is 1.88. The number of nitrogens with zero attached hydrogens (tertiary/aromatic N) is 1. The lowest BCUT2D eigenvalue weighted by atomic mass is 10.2. The highest BCUT2D eigenvalue weighted by molar-refractivity contribution is 8.00. The molecule has 0 saturated carbocycles. The van der Waals surface area contributed by atoms with Crippen LogP contribution in [0.2, 0.25) is 5.02 Å². The third-order valence-electron chi connectivity index (χ3n) is 3.94. The molecular weight excluding hydrogens is 344 g/mol. The minimum absolute atomic E-state index is 0.179. The second kappa shape index (κ2) is 7.36. The van der Waals surface area contributed by atoms with Crippen LogP contribution >= 0.6 is 23.4 Å². The lowest BCUT2D eigenvalue weighted by Crippen LogP contribution is -2.41. The number of anilines is 2. The van der Waals surface area contributed by atoms with E-state index >= 15 is 0 Å². The van der Waals surface area contributed by atoms with Crippen molar-refractivity contribution in [3.05, 3.63) is 47.5 Å². The summed E-state index contributed by atoms with van der Waals surface area (Å²) < 4.78 is 5.30. The summed E-state index contributed by atoms with van der Waals surface area (Å²) >= 11 is 7.87. The molecule has 1 atom stereocenters. The average molecular weight is 363 g/mol. The van der Waals surface area contributed by atoms with Crippen LogP contribution in [0, 0.1) is 0 Å². The second-order valence-electron chi connectivity index (χ2n) is 5.50. The molecule has 0 aliphatic carbocycles. The quantitative estimate of drug-likeness (QED) is 0.808. The Hall–Kier alpha value is -1.85. The molecule has 2 amide bonds. The molecule has 4 nitrogen and oxygen atoms in total. The predicted molar refractivity (Wildman–Crippen MR) is 101 cm³/mol. The fraction of sp³-hybridized carbons (Fsp3) is 0.278. The number of benzene rings is 2. The van der Waals surface area contributed by atoms with Crippen molar-refractivity contribution in [1.82, 2.24) is 0 Å². The summed E-state index contributed by atoms with van der Waals surface area (Å²) in [7, 11) is 1.57. The summed E-state index contributed by atoms with van der Waals surface area (Å²) in [4.78, 5) is 15.8. The van der Waals surface area contributed by atoms with Crippen LogP contribution in [0.25, 0.3) is 0 Å². The zero-order valence-corrected chi connectivity index (χ0v) is 15.2. The van der Waals surface area contributed by atoms with E-state index in [1.165, 1.54) is 0 Å². The molecule has 0 spiro atoms. The smallest absolute Gasteiger partial charge is 0.326 e. The maximum atomic E-state index is 12.9. The van der Waals surface area contributed by atoms with Gasteiger partial charge < -0.3 is 10.1 Å². The largest absolute Gasteiger partial charge is 0.495 e. The van der Waals surface area contributed by atoms with Gasteiger partial charge in [-0.05, 0) is 36.8 Å². The monoisotopic (exact) mass is 362 g/mol. The Bertz CT molecular complexity index is 754. The van der Waals surface area contributed by atoms with Gasteiger partial charge in [0.1, 0.15) is 5.75 Å². The highest BCUT2D eigenvalue weighted by Gasteiger charge is 2.28. The highest BCUT2D eigenvalue weighted by Crippen LogP contribution is 2.40. The molecule has 1 N–H and O–H groups in total. The van der Waals surface area contributed by atoms with Gasteiger partial charge in [0.05, 0.1) is 18.5 Å². The SMILES string of the molecule is CC[C@@H]1CN(C(=O)Nc2cc(Cl)ccc2OC)c2ccccc2S1. The number of thioether (sulfide) groups is 1. The minimum atomic E-state index is -0.179. The molecule has 0 saturated heterocycles. The van der Waals surface area contributed by atoms with Crippen molar-refractivity contribution in [3.63, 3.8) is 0 Å². The Morgan fingerprint density at radius 2 is 2.17 bits per heavy atom. The number of amides is 2. The van der Waals surface area contributed by atoms with Crippen LogP contribution in [-0.4, -0.2) is 24.9 Å². The second-order valence-corrected chi connectivity index (χ2v) is 7.28. The number of methoxy groups -OCH3 is 1. The molecule has 0 radical (unpaired) electrons. The standard InChI is InChI=1S/C18H19ClN2O2S/c1-3-13-11-21(15-6-4-5-7-17(15)24-13)18(22)20-14-10-12(19)8-9-16(14)23-2/h4-10,13H,3,11H2,1-2H3,(H,20,22)/t13-/m1/s1. The maximum Gasteiger partial charge on any atom is 0.326 e. The lowest BCUT2D eigenvalue weighted by Gasteiger charge is -2.33. The average Bonchev–Trinajstić information content (AvgIpc) is 2.60. The van der Waals surface area contributed by atoms with Crippen molar-refractivity contribution in [2.24, 2.45) is 0 Å². The van der Waals surface area contributed by atoms with Crippen molar-refractivity contribution in [3.8, 4) is 5.75 Å². The molecule has 0 bridgehead atoms. The molecular formula is C18H19ClN2O2S. The summed E-state index contributed by atoms with van der Waals surface area (Å²) in [5.74, 6) is 0.583.